The fraction of sp³-hybridized carbons (Fsp3) is 0.562. The molecule has 110 valence electrons. The van der Waals surface area contributed by atoms with Crippen LogP contribution in [0.4, 0.5) is 5.69 Å². The zero-order chi connectivity index (χ0) is 15.0. The van der Waals surface area contributed by atoms with Gasteiger partial charge in [0.15, 0.2) is 0 Å². The normalized spacial score (nSPS) is 28.9. The lowest BCUT2D eigenvalue weighted by molar-refractivity contribution is -0.146. The molecular weight excluding hydrogens is 318 g/mol. The molecule has 1 aliphatic rings. The SMILES string of the molecule is CC1CC(C)(C)CCC1(Nc1ccccc1Br)C(=O)O. The predicted molar refractivity (Wildman–Crippen MR) is 84.9 cm³/mol. The van der Waals surface area contributed by atoms with Crippen LogP contribution in [0.5, 0.6) is 0 Å². The van der Waals surface area contributed by atoms with Crippen molar-refractivity contribution < 1.29 is 9.90 Å². The van der Waals surface area contributed by atoms with Gasteiger partial charge >= 0.3 is 5.97 Å². The molecule has 1 aromatic carbocycles. The molecule has 1 aliphatic carbocycles. The van der Waals surface area contributed by atoms with Gasteiger partial charge in [0, 0.05) is 10.2 Å². The molecule has 3 nitrogen and oxygen atoms in total. The molecule has 0 spiro atoms. The summed E-state index contributed by atoms with van der Waals surface area (Å²) in [7, 11) is 0. The molecule has 20 heavy (non-hydrogen) atoms. The van der Waals surface area contributed by atoms with Crippen molar-refractivity contribution in [1.82, 2.24) is 0 Å². The first kappa shape index (κ1) is 15.4. The molecule has 2 N–H and O–H groups in total. The summed E-state index contributed by atoms with van der Waals surface area (Å²) >= 11 is 3.48. The van der Waals surface area contributed by atoms with Crippen LogP contribution in [-0.4, -0.2) is 16.6 Å². The van der Waals surface area contributed by atoms with Crippen molar-refractivity contribution in [3.05, 3.63) is 28.7 Å². The third kappa shape index (κ3) is 2.85. The van der Waals surface area contributed by atoms with Crippen molar-refractivity contribution in [2.24, 2.45) is 11.3 Å². The maximum atomic E-state index is 11.9. The number of carbonyl (C=O) groups is 1. The Hall–Kier alpha value is -1.03. The van der Waals surface area contributed by atoms with Gasteiger partial charge in [-0.3, -0.25) is 0 Å². The number of aliphatic carboxylic acids is 1. The highest BCUT2D eigenvalue weighted by Gasteiger charge is 2.49. The van der Waals surface area contributed by atoms with Gasteiger partial charge in [-0.05, 0) is 58.7 Å². The molecule has 0 heterocycles. The van der Waals surface area contributed by atoms with E-state index in [9.17, 15) is 9.90 Å². The number of anilines is 1. The van der Waals surface area contributed by atoms with E-state index >= 15 is 0 Å². The summed E-state index contributed by atoms with van der Waals surface area (Å²) in [6, 6.07) is 7.69. The van der Waals surface area contributed by atoms with Gasteiger partial charge < -0.3 is 10.4 Å². The zero-order valence-electron chi connectivity index (χ0n) is 12.2. The molecule has 0 aliphatic heterocycles. The van der Waals surface area contributed by atoms with Crippen molar-refractivity contribution in [2.75, 3.05) is 5.32 Å². The minimum atomic E-state index is -0.876. The first-order valence-corrected chi connectivity index (χ1v) is 7.82. The lowest BCUT2D eigenvalue weighted by Gasteiger charge is -2.46. The maximum absolute atomic E-state index is 11.9. The van der Waals surface area contributed by atoms with Gasteiger partial charge in [-0.15, -0.1) is 0 Å². The standard InChI is InChI=1S/C16H22BrNO2/c1-11-10-15(2,3)8-9-16(11,14(19)20)18-13-7-5-4-6-12(13)17/h4-7,11,18H,8-10H2,1-3H3,(H,19,20). The summed E-state index contributed by atoms with van der Waals surface area (Å²) in [5.74, 6) is -0.674. The molecule has 4 heteroatoms. The Morgan fingerprint density at radius 2 is 2.00 bits per heavy atom. The Morgan fingerprint density at radius 3 is 2.55 bits per heavy atom. The number of hydrogen-bond acceptors (Lipinski definition) is 2. The highest BCUT2D eigenvalue weighted by molar-refractivity contribution is 9.10. The van der Waals surface area contributed by atoms with Gasteiger partial charge in [-0.2, -0.15) is 0 Å². The molecular formula is C16H22BrNO2. The van der Waals surface area contributed by atoms with Crippen LogP contribution in [0.3, 0.4) is 0 Å². The largest absolute Gasteiger partial charge is 0.479 e. The summed E-state index contributed by atoms with van der Waals surface area (Å²) in [4.78, 5) is 11.9. The summed E-state index contributed by atoms with van der Waals surface area (Å²) in [6.07, 6.45) is 2.48. The van der Waals surface area contributed by atoms with Crippen molar-refractivity contribution in [3.63, 3.8) is 0 Å². The Bertz CT molecular complexity index is 515. The molecule has 2 unspecified atom stereocenters. The van der Waals surface area contributed by atoms with E-state index in [2.05, 4.69) is 35.1 Å². The van der Waals surface area contributed by atoms with Gasteiger partial charge in [0.2, 0.25) is 0 Å². The highest BCUT2D eigenvalue weighted by Crippen LogP contribution is 2.46. The number of carboxylic acid groups (broad SMARTS) is 1. The number of rotatable bonds is 3. The maximum Gasteiger partial charge on any atom is 0.329 e. The van der Waals surface area contributed by atoms with E-state index in [0.717, 1.165) is 23.0 Å². The van der Waals surface area contributed by atoms with Crippen LogP contribution in [0.1, 0.15) is 40.0 Å². The Kier molecular flexibility index (Phi) is 4.14. The van der Waals surface area contributed by atoms with Crippen molar-refractivity contribution >= 4 is 27.6 Å². The van der Waals surface area contributed by atoms with Crippen LogP contribution in [0.15, 0.2) is 28.7 Å². The number of halogens is 1. The van der Waals surface area contributed by atoms with Crippen LogP contribution in [0, 0.1) is 11.3 Å². The van der Waals surface area contributed by atoms with Crippen LogP contribution >= 0.6 is 15.9 Å². The van der Waals surface area contributed by atoms with Gasteiger partial charge in [-0.1, -0.05) is 32.9 Å². The first-order chi connectivity index (χ1) is 9.27. The first-order valence-electron chi connectivity index (χ1n) is 7.03. The Labute approximate surface area is 128 Å². The lowest BCUT2D eigenvalue weighted by atomic mass is 9.63. The zero-order valence-corrected chi connectivity index (χ0v) is 13.8. The topological polar surface area (TPSA) is 49.3 Å². The van der Waals surface area contributed by atoms with E-state index in [1.165, 1.54) is 0 Å². The van der Waals surface area contributed by atoms with E-state index in [-0.39, 0.29) is 11.3 Å². The monoisotopic (exact) mass is 339 g/mol. The van der Waals surface area contributed by atoms with Crippen LogP contribution in [0.25, 0.3) is 0 Å². The smallest absolute Gasteiger partial charge is 0.329 e. The third-order valence-electron chi connectivity index (χ3n) is 4.51. The summed E-state index contributed by atoms with van der Waals surface area (Å²) in [5.41, 5.74) is 0.189. The highest BCUT2D eigenvalue weighted by atomic mass is 79.9. The summed E-state index contributed by atoms with van der Waals surface area (Å²) in [5, 5.41) is 13.1. The molecule has 2 atom stereocenters. The molecule has 0 amide bonds. The van der Waals surface area contributed by atoms with Crippen molar-refractivity contribution in [3.8, 4) is 0 Å². The van der Waals surface area contributed by atoms with E-state index < -0.39 is 11.5 Å². The molecule has 1 aromatic rings. The second-order valence-electron chi connectivity index (χ2n) is 6.65. The number of nitrogens with one attached hydrogen (secondary N) is 1. The van der Waals surface area contributed by atoms with Crippen molar-refractivity contribution in [1.29, 1.82) is 0 Å². The molecule has 1 fully saturated rings. The minimum Gasteiger partial charge on any atom is -0.479 e. The fourth-order valence-corrected chi connectivity index (χ4v) is 3.63. The Balaban J connectivity index is 2.32. The van der Waals surface area contributed by atoms with Gasteiger partial charge in [0.1, 0.15) is 5.54 Å². The van der Waals surface area contributed by atoms with E-state index in [0.29, 0.717) is 6.42 Å². The van der Waals surface area contributed by atoms with Crippen LogP contribution in [0.2, 0.25) is 0 Å². The summed E-state index contributed by atoms with van der Waals surface area (Å²) < 4.78 is 0.901. The van der Waals surface area contributed by atoms with Gasteiger partial charge in [-0.25, -0.2) is 4.79 Å². The van der Waals surface area contributed by atoms with E-state index in [1.807, 2.05) is 31.2 Å². The predicted octanol–water partition coefficient (Wildman–Crippen LogP) is 4.53. The molecule has 1 saturated carbocycles. The lowest BCUT2D eigenvalue weighted by Crippen LogP contribution is -2.55. The molecule has 0 bridgehead atoms. The summed E-state index contributed by atoms with van der Waals surface area (Å²) in [6.45, 7) is 6.47. The van der Waals surface area contributed by atoms with E-state index in [1.54, 1.807) is 0 Å². The van der Waals surface area contributed by atoms with Gasteiger partial charge in [0.05, 0.1) is 0 Å². The Morgan fingerprint density at radius 1 is 1.35 bits per heavy atom. The number of hydrogen-bond donors (Lipinski definition) is 2. The molecule has 0 aromatic heterocycles. The third-order valence-corrected chi connectivity index (χ3v) is 5.20. The van der Waals surface area contributed by atoms with E-state index in [4.69, 9.17) is 0 Å². The molecule has 0 saturated heterocycles. The second kappa shape index (κ2) is 5.40. The van der Waals surface area contributed by atoms with Crippen LogP contribution < -0.4 is 5.32 Å². The molecule has 2 rings (SSSR count). The second-order valence-corrected chi connectivity index (χ2v) is 7.51. The van der Waals surface area contributed by atoms with Crippen molar-refractivity contribution in [2.45, 2.75) is 45.6 Å². The van der Waals surface area contributed by atoms with Gasteiger partial charge in [0.25, 0.3) is 0 Å². The molecule has 0 radical (unpaired) electrons. The van der Waals surface area contributed by atoms with Crippen LogP contribution in [-0.2, 0) is 4.79 Å². The quantitative estimate of drug-likeness (QED) is 0.850. The fourth-order valence-electron chi connectivity index (χ4n) is 3.25. The average molecular weight is 340 g/mol. The minimum absolute atomic E-state index is 0.0795. The number of para-hydroxylation sites is 1. The average Bonchev–Trinajstić information content (AvgIpc) is 2.34. The number of carboxylic acids is 1. The number of benzene rings is 1.